The third-order valence-corrected chi connectivity index (χ3v) is 7.85. The van der Waals surface area contributed by atoms with Crippen LogP contribution in [0.25, 0.3) is 16.9 Å². The molecule has 2 aliphatic carbocycles. The third kappa shape index (κ3) is 3.47. The molecule has 0 unspecified atom stereocenters. The summed E-state index contributed by atoms with van der Waals surface area (Å²) >= 11 is 1.60. The molecule has 1 spiro atoms. The number of fused-ring (bicyclic) bond motifs is 4. The Morgan fingerprint density at radius 2 is 1.84 bits per heavy atom. The Morgan fingerprint density at radius 1 is 1.13 bits per heavy atom. The van der Waals surface area contributed by atoms with Crippen LogP contribution in [0, 0.1) is 6.92 Å². The quantitative estimate of drug-likeness (QED) is 0.280. The largest absolute Gasteiger partial charge is 0.268 e. The highest BCUT2D eigenvalue weighted by Crippen LogP contribution is 2.50. The smallest absolute Gasteiger partial charge is 0.263 e. The lowest BCUT2D eigenvalue weighted by Crippen LogP contribution is -2.40. The highest BCUT2D eigenvalue weighted by Gasteiger charge is 2.44. The standard InChI is InChI=1S/C27H28N2OS/c1-18(2)17-31-26-28-24-22-9-5-4-8-20(22)16-27(14-6-7-15-27)23(24)25(30)29(26)21-12-10-19(3)11-13-21/h4-5,8-13H,1,6-7,14-17H2,2-3H3. The lowest BCUT2D eigenvalue weighted by molar-refractivity contribution is 0.422. The summed E-state index contributed by atoms with van der Waals surface area (Å²) in [6.07, 6.45) is 5.43. The van der Waals surface area contributed by atoms with Gasteiger partial charge in [0.05, 0.1) is 16.9 Å². The lowest BCUT2D eigenvalue weighted by atomic mass is 9.68. The summed E-state index contributed by atoms with van der Waals surface area (Å²) in [4.78, 5) is 19.4. The molecule has 0 radical (unpaired) electrons. The Morgan fingerprint density at radius 3 is 2.55 bits per heavy atom. The molecule has 3 nitrogen and oxygen atoms in total. The van der Waals surface area contributed by atoms with Crippen LogP contribution in [0.1, 0.15) is 49.3 Å². The van der Waals surface area contributed by atoms with Gasteiger partial charge < -0.3 is 0 Å². The van der Waals surface area contributed by atoms with Crippen molar-refractivity contribution < 1.29 is 0 Å². The van der Waals surface area contributed by atoms with E-state index in [2.05, 4.69) is 49.9 Å². The molecule has 158 valence electrons. The molecule has 1 aromatic heterocycles. The monoisotopic (exact) mass is 428 g/mol. The van der Waals surface area contributed by atoms with Gasteiger partial charge in [-0.15, -0.1) is 0 Å². The number of benzene rings is 2. The van der Waals surface area contributed by atoms with Gasteiger partial charge in [-0.2, -0.15) is 0 Å². The number of thioether (sulfide) groups is 1. The van der Waals surface area contributed by atoms with E-state index in [0.29, 0.717) is 0 Å². The minimum Gasteiger partial charge on any atom is -0.268 e. The number of hydrogen-bond acceptors (Lipinski definition) is 3. The predicted octanol–water partition coefficient (Wildman–Crippen LogP) is 6.24. The highest BCUT2D eigenvalue weighted by atomic mass is 32.2. The predicted molar refractivity (Wildman–Crippen MR) is 129 cm³/mol. The fourth-order valence-corrected chi connectivity index (χ4v) is 6.07. The molecule has 1 heterocycles. The van der Waals surface area contributed by atoms with E-state index in [1.54, 1.807) is 11.8 Å². The Hall–Kier alpha value is -2.59. The van der Waals surface area contributed by atoms with Crippen molar-refractivity contribution in [2.75, 3.05) is 5.75 Å². The molecule has 5 rings (SSSR count). The number of aromatic nitrogens is 2. The average Bonchev–Trinajstić information content (AvgIpc) is 3.21. The summed E-state index contributed by atoms with van der Waals surface area (Å²) in [5, 5.41) is 0.750. The van der Waals surface area contributed by atoms with Crippen molar-refractivity contribution in [3.63, 3.8) is 0 Å². The van der Waals surface area contributed by atoms with Gasteiger partial charge in [0, 0.05) is 16.7 Å². The van der Waals surface area contributed by atoms with E-state index in [-0.39, 0.29) is 11.0 Å². The third-order valence-electron chi connectivity index (χ3n) is 6.68. The molecule has 0 bridgehead atoms. The van der Waals surface area contributed by atoms with Crippen LogP contribution < -0.4 is 5.56 Å². The molecule has 0 amide bonds. The van der Waals surface area contributed by atoms with Gasteiger partial charge >= 0.3 is 0 Å². The van der Waals surface area contributed by atoms with E-state index in [1.165, 1.54) is 24.0 Å². The maximum Gasteiger partial charge on any atom is 0.263 e. The van der Waals surface area contributed by atoms with Gasteiger partial charge in [0.2, 0.25) is 0 Å². The maximum atomic E-state index is 14.2. The van der Waals surface area contributed by atoms with Crippen molar-refractivity contribution in [1.29, 1.82) is 0 Å². The van der Waals surface area contributed by atoms with Crippen LogP contribution in [-0.4, -0.2) is 15.3 Å². The van der Waals surface area contributed by atoms with Gasteiger partial charge in [-0.05, 0) is 50.8 Å². The second-order valence-corrected chi connectivity index (χ2v) is 10.1. The molecule has 1 saturated carbocycles. The van der Waals surface area contributed by atoms with Crippen LogP contribution in [-0.2, 0) is 11.8 Å². The van der Waals surface area contributed by atoms with Crippen molar-refractivity contribution in [2.45, 2.75) is 56.5 Å². The minimum absolute atomic E-state index is 0.0855. The van der Waals surface area contributed by atoms with Crippen LogP contribution in [0.5, 0.6) is 0 Å². The van der Waals surface area contributed by atoms with E-state index in [1.807, 2.05) is 23.6 Å². The molecule has 2 aliphatic rings. The number of rotatable bonds is 4. The first-order valence-electron chi connectivity index (χ1n) is 11.1. The molecule has 0 saturated heterocycles. The number of aryl methyl sites for hydroxylation is 1. The first-order valence-corrected chi connectivity index (χ1v) is 12.1. The lowest BCUT2D eigenvalue weighted by Gasteiger charge is -2.36. The highest BCUT2D eigenvalue weighted by molar-refractivity contribution is 7.99. The van der Waals surface area contributed by atoms with Crippen LogP contribution >= 0.6 is 11.8 Å². The normalized spacial score (nSPS) is 16.2. The van der Waals surface area contributed by atoms with Crippen molar-refractivity contribution in [3.8, 4) is 16.9 Å². The molecule has 2 aromatic carbocycles. The zero-order chi connectivity index (χ0) is 21.6. The molecule has 0 atom stereocenters. The van der Waals surface area contributed by atoms with E-state index in [4.69, 9.17) is 4.98 Å². The molecule has 4 heteroatoms. The summed E-state index contributed by atoms with van der Waals surface area (Å²) in [5.74, 6) is 0.740. The fourth-order valence-electron chi connectivity index (χ4n) is 5.22. The number of nitrogens with zero attached hydrogens (tertiary/aromatic N) is 2. The molecule has 0 N–H and O–H groups in total. The van der Waals surface area contributed by atoms with E-state index >= 15 is 0 Å². The van der Waals surface area contributed by atoms with Gasteiger partial charge in [0.1, 0.15) is 0 Å². The molecule has 1 fully saturated rings. The van der Waals surface area contributed by atoms with Gasteiger partial charge in [-0.1, -0.05) is 78.7 Å². The summed E-state index contributed by atoms with van der Waals surface area (Å²) in [7, 11) is 0. The second-order valence-electron chi connectivity index (χ2n) is 9.16. The zero-order valence-electron chi connectivity index (χ0n) is 18.3. The number of hydrogen-bond donors (Lipinski definition) is 0. The van der Waals surface area contributed by atoms with Crippen molar-refractivity contribution in [3.05, 3.63) is 87.7 Å². The molecule has 0 aliphatic heterocycles. The first-order chi connectivity index (χ1) is 15.0. The first kappa shape index (κ1) is 20.3. The zero-order valence-corrected chi connectivity index (χ0v) is 19.1. The molecular formula is C27H28N2OS. The Balaban J connectivity index is 1.81. The second kappa shape index (κ2) is 7.83. The van der Waals surface area contributed by atoms with Gasteiger partial charge in [-0.25, -0.2) is 4.98 Å². The summed E-state index contributed by atoms with van der Waals surface area (Å²) in [6, 6.07) is 16.7. The summed E-state index contributed by atoms with van der Waals surface area (Å²) in [6.45, 7) is 8.14. The van der Waals surface area contributed by atoms with Crippen molar-refractivity contribution in [2.24, 2.45) is 0 Å². The van der Waals surface area contributed by atoms with Gasteiger partial charge in [-0.3, -0.25) is 9.36 Å². The summed E-state index contributed by atoms with van der Waals surface area (Å²) in [5.41, 5.74) is 7.45. The van der Waals surface area contributed by atoms with E-state index in [0.717, 1.165) is 58.3 Å². The van der Waals surface area contributed by atoms with Crippen LogP contribution in [0.3, 0.4) is 0 Å². The Bertz CT molecular complexity index is 1220. The molecule has 3 aromatic rings. The van der Waals surface area contributed by atoms with Crippen LogP contribution in [0.15, 0.2) is 70.6 Å². The Kier molecular flexibility index (Phi) is 5.13. The van der Waals surface area contributed by atoms with Crippen molar-refractivity contribution in [1.82, 2.24) is 9.55 Å². The summed E-state index contributed by atoms with van der Waals surface area (Å²) < 4.78 is 1.85. The fraction of sp³-hybridized carbons (Fsp3) is 0.333. The van der Waals surface area contributed by atoms with Gasteiger partial charge in [0.15, 0.2) is 5.16 Å². The van der Waals surface area contributed by atoms with Crippen LogP contribution in [0.4, 0.5) is 0 Å². The Labute approximate surface area is 188 Å². The maximum absolute atomic E-state index is 14.2. The van der Waals surface area contributed by atoms with E-state index < -0.39 is 0 Å². The minimum atomic E-state index is -0.0855. The topological polar surface area (TPSA) is 34.9 Å². The van der Waals surface area contributed by atoms with Gasteiger partial charge in [0.25, 0.3) is 5.56 Å². The van der Waals surface area contributed by atoms with E-state index in [9.17, 15) is 4.79 Å². The van der Waals surface area contributed by atoms with Crippen LogP contribution in [0.2, 0.25) is 0 Å². The molecular weight excluding hydrogens is 400 g/mol. The SMILES string of the molecule is C=C(C)CSc1nc2c(c(=O)n1-c1ccc(C)cc1)C1(CCCC1)Cc1ccccc1-2. The average molecular weight is 429 g/mol. The van der Waals surface area contributed by atoms with Crippen molar-refractivity contribution >= 4 is 11.8 Å². The molecule has 31 heavy (non-hydrogen) atoms.